The summed E-state index contributed by atoms with van der Waals surface area (Å²) in [6.07, 6.45) is 0.773. The summed E-state index contributed by atoms with van der Waals surface area (Å²) in [5, 5.41) is 0. The van der Waals surface area contributed by atoms with Crippen LogP contribution in [0.2, 0.25) is 0 Å². The van der Waals surface area contributed by atoms with E-state index in [2.05, 4.69) is 0 Å². The van der Waals surface area contributed by atoms with E-state index in [0.717, 1.165) is 10.7 Å². The molecule has 0 heterocycles. The molecule has 0 aliphatic heterocycles. The van der Waals surface area contributed by atoms with E-state index in [-0.39, 0.29) is 0 Å². The van der Waals surface area contributed by atoms with Crippen LogP contribution in [0.5, 0.6) is 0 Å². The van der Waals surface area contributed by atoms with Gasteiger partial charge in [-0.2, -0.15) is 12.7 Å². The second kappa shape index (κ2) is 5.31. The average molecular weight is 222 g/mol. The molecular formula is C8H18N2O3S. The Morgan fingerprint density at radius 3 is 2.29 bits per heavy atom. The SMILES string of the molecule is CC(=O)NS(=O)(=O)N(C)CCC(C)C. The Morgan fingerprint density at radius 1 is 1.43 bits per heavy atom. The van der Waals surface area contributed by atoms with Crippen molar-refractivity contribution in [2.45, 2.75) is 27.2 Å². The number of nitrogens with one attached hydrogen (secondary N) is 1. The first kappa shape index (κ1) is 13.4. The van der Waals surface area contributed by atoms with Gasteiger partial charge in [0.15, 0.2) is 0 Å². The highest BCUT2D eigenvalue weighted by atomic mass is 32.2. The molecule has 1 N–H and O–H groups in total. The number of carbonyl (C=O) groups is 1. The molecular weight excluding hydrogens is 204 g/mol. The molecule has 0 fully saturated rings. The van der Waals surface area contributed by atoms with E-state index in [4.69, 9.17) is 0 Å². The molecule has 0 radical (unpaired) electrons. The number of hydrogen-bond donors (Lipinski definition) is 1. The lowest BCUT2D eigenvalue weighted by atomic mass is 10.1. The predicted molar refractivity (Wildman–Crippen MR) is 54.8 cm³/mol. The highest BCUT2D eigenvalue weighted by molar-refractivity contribution is 7.87. The van der Waals surface area contributed by atoms with Gasteiger partial charge in [0, 0.05) is 20.5 Å². The molecule has 0 aromatic heterocycles. The summed E-state index contributed by atoms with van der Waals surface area (Å²) in [5.41, 5.74) is 0. The van der Waals surface area contributed by atoms with Crippen LogP contribution in [0.3, 0.4) is 0 Å². The van der Waals surface area contributed by atoms with Gasteiger partial charge in [0.25, 0.3) is 0 Å². The Kier molecular flexibility index (Phi) is 5.07. The van der Waals surface area contributed by atoms with Gasteiger partial charge >= 0.3 is 10.2 Å². The van der Waals surface area contributed by atoms with Gasteiger partial charge in [-0.3, -0.25) is 4.79 Å². The molecule has 0 rings (SSSR count). The predicted octanol–water partition coefficient (Wildman–Crippen LogP) is 0.345. The second-order valence-electron chi connectivity index (χ2n) is 3.67. The molecule has 0 atom stereocenters. The van der Waals surface area contributed by atoms with E-state index >= 15 is 0 Å². The van der Waals surface area contributed by atoms with Crippen molar-refractivity contribution in [2.24, 2.45) is 5.92 Å². The molecule has 0 saturated carbocycles. The fraction of sp³-hybridized carbons (Fsp3) is 0.875. The van der Waals surface area contributed by atoms with Crippen molar-refractivity contribution >= 4 is 16.1 Å². The molecule has 0 bridgehead atoms. The third-order valence-corrected chi connectivity index (χ3v) is 3.25. The zero-order chi connectivity index (χ0) is 11.4. The van der Waals surface area contributed by atoms with E-state index in [0.29, 0.717) is 12.5 Å². The minimum Gasteiger partial charge on any atom is -0.274 e. The molecule has 0 saturated heterocycles. The molecule has 0 aliphatic carbocycles. The Hall–Kier alpha value is -0.620. The van der Waals surface area contributed by atoms with Crippen molar-refractivity contribution in [3.8, 4) is 0 Å². The fourth-order valence-electron chi connectivity index (χ4n) is 0.820. The van der Waals surface area contributed by atoms with Crippen molar-refractivity contribution in [3.05, 3.63) is 0 Å². The van der Waals surface area contributed by atoms with Gasteiger partial charge in [-0.25, -0.2) is 4.72 Å². The zero-order valence-corrected chi connectivity index (χ0v) is 9.89. The van der Waals surface area contributed by atoms with E-state index in [1.54, 1.807) is 0 Å². The van der Waals surface area contributed by atoms with E-state index in [1.165, 1.54) is 14.0 Å². The fourth-order valence-corrected chi connectivity index (χ4v) is 1.68. The lowest BCUT2D eigenvalue weighted by Crippen LogP contribution is -2.41. The van der Waals surface area contributed by atoms with Crippen molar-refractivity contribution in [1.82, 2.24) is 9.03 Å². The number of nitrogens with zero attached hydrogens (tertiary/aromatic N) is 1. The monoisotopic (exact) mass is 222 g/mol. The van der Waals surface area contributed by atoms with Crippen LogP contribution in [0.15, 0.2) is 0 Å². The summed E-state index contributed by atoms with van der Waals surface area (Å²) >= 11 is 0. The number of carbonyl (C=O) groups excluding carboxylic acids is 1. The molecule has 0 aliphatic rings. The Balaban J connectivity index is 4.22. The smallest absolute Gasteiger partial charge is 0.274 e. The van der Waals surface area contributed by atoms with Gasteiger partial charge in [0.1, 0.15) is 0 Å². The van der Waals surface area contributed by atoms with Crippen LogP contribution in [0.25, 0.3) is 0 Å². The van der Waals surface area contributed by atoms with E-state index < -0.39 is 16.1 Å². The van der Waals surface area contributed by atoms with Crippen molar-refractivity contribution < 1.29 is 13.2 Å². The van der Waals surface area contributed by atoms with Gasteiger partial charge in [-0.1, -0.05) is 13.8 Å². The van der Waals surface area contributed by atoms with Gasteiger partial charge < -0.3 is 0 Å². The van der Waals surface area contributed by atoms with Crippen LogP contribution in [0, 0.1) is 5.92 Å². The highest BCUT2D eigenvalue weighted by Crippen LogP contribution is 2.03. The summed E-state index contributed by atoms with van der Waals surface area (Å²) < 4.78 is 25.7. The van der Waals surface area contributed by atoms with E-state index in [1.807, 2.05) is 18.6 Å². The summed E-state index contributed by atoms with van der Waals surface area (Å²) in [7, 11) is -2.17. The van der Waals surface area contributed by atoms with Crippen molar-refractivity contribution in [1.29, 1.82) is 0 Å². The Labute approximate surface area is 85.7 Å². The first-order valence-corrected chi connectivity index (χ1v) is 5.94. The van der Waals surface area contributed by atoms with Crippen LogP contribution in [-0.4, -0.2) is 32.2 Å². The maximum atomic E-state index is 11.3. The summed E-state index contributed by atoms with van der Waals surface area (Å²) in [6.45, 7) is 5.62. The second-order valence-corrected chi connectivity index (χ2v) is 5.44. The standard InChI is InChI=1S/C8H18N2O3S/c1-7(2)5-6-10(4)14(12,13)9-8(3)11/h7H,5-6H2,1-4H3,(H,9,11). The molecule has 0 unspecified atom stereocenters. The highest BCUT2D eigenvalue weighted by Gasteiger charge is 2.18. The maximum Gasteiger partial charge on any atom is 0.303 e. The molecule has 0 aromatic rings. The number of amides is 1. The molecule has 1 amide bonds. The number of rotatable bonds is 5. The van der Waals surface area contributed by atoms with Gasteiger partial charge in [0.05, 0.1) is 0 Å². The molecule has 6 heteroatoms. The Morgan fingerprint density at radius 2 is 1.93 bits per heavy atom. The normalized spacial score (nSPS) is 12.1. The average Bonchev–Trinajstić information content (AvgIpc) is 1.97. The molecule has 14 heavy (non-hydrogen) atoms. The van der Waals surface area contributed by atoms with Crippen LogP contribution < -0.4 is 4.72 Å². The van der Waals surface area contributed by atoms with Crippen LogP contribution >= 0.6 is 0 Å². The van der Waals surface area contributed by atoms with Crippen LogP contribution in [0.1, 0.15) is 27.2 Å². The largest absolute Gasteiger partial charge is 0.303 e. The Bertz CT molecular complexity index is 285. The third kappa shape index (κ3) is 5.18. The van der Waals surface area contributed by atoms with Crippen molar-refractivity contribution in [3.63, 3.8) is 0 Å². The van der Waals surface area contributed by atoms with E-state index in [9.17, 15) is 13.2 Å². The topological polar surface area (TPSA) is 66.5 Å². The van der Waals surface area contributed by atoms with Gasteiger partial charge in [-0.05, 0) is 12.3 Å². The number of hydrogen-bond acceptors (Lipinski definition) is 3. The molecule has 0 aromatic carbocycles. The first-order chi connectivity index (χ1) is 6.25. The molecule has 0 spiro atoms. The zero-order valence-electron chi connectivity index (χ0n) is 9.07. The van der Waals surface area contributed by atoms with Crippen molar-refractivity contribution in [2.75, 3.05) is 13.6 Å². The lowest BCUT2D eigenvalue weighted by Gasteiger charge is -2.17. The summed E-state index contributed by atoms with van der Waals surface area (Å²) in [5.74, 6) is -0.133. The van der Waals surface area contributed by atoms with Gasteiger partial charge in [-0.15, -0.1) is 0 Å². The maximum absolute atomic E-state index is 11.3. The van der Waals surface area contributed by atoms with Crippen LogP contribution in [-0.2, 0) is 15.0 Å². The first-order valence-electron chi connectivity index (χ1n) is 4.50. The molecule has 5 nitrogen and oxygen atoms in total. The van der Waals surface area contributed by atoms with Gasteiger partial charge in [0.2, 0.25) is 5.91 Å². The quantitative estimate of drug-likeness (QED) is 0.729. The lowest BCUT2D eigenvalue weighted by molar-refractivity contribution is -0.117. The summed E-state index contributed by atoms with van der Waals surface area (Å²) in [4.78, 5) is 10.6. The summed E-state index contributed by atoms with van der Waals surface area (Å²) in [6, 6.07) is 0. The minimum atomic E-state index is -3.62. The third-order valence-electron chi connectivity index (χ3n) is 1.70. The minimum absolute atomic E-state index is 0.417. The molecule has 84 valence electrons. The van der Waals surface area contributed by atoms with Crippen LogP contribution in [0.4, 0.5) is 0 Å².